The first kappa shape index (κ1) is 6.97. The van der Waals surface area contributed by atoms with Crippen molar-refractivity contribution in [3.63, 3.8) is 0 Å². The monoisotopic (exact) mass is 161 g/mol. The van der Waals surface area contributed by atoms with Gasteiger partial charge in [0, 0.05) is 6.20 Å². The van der Waals surface area contributed by atoms with Crippen molar-refractivity contribution in [1.29, 1.82) is 0 Å². The molecule has 12 heavy (non-hydrogen) atoms. The lowest BCUT2D eigenvalue weighted by Crippen LogP contribution is -2.05. The number of pyridine rings is 1. The van der Waals surface area contributed by atoms with E-state index in [0.717, 1.165) is 5.56 Å². The molecule has 0 fully saturated rings. The van der Waals surface area contributed by atoms with Crippen LogP contribution in [0.5, 0.6) is 0 Å². The van der Waals surface area contributed by atoms with Gasteiger partial charge in [-0.3, -0.25) is 4.79 Å². The maximum absolute atomic E-state index is 10.8. The van der Waals surface area contributed by atoms with Crippen LogP contribution in [0.1, 0.15) is 5.56 Å². The van der Waals surface area contributed by atoms with Gasteiger partial charge in [0.1, 0.15) is 0 Å². The van der Waals surface area contributed by atoms with Gasteiger partial charge in [0.2, 0.25) is 0 Å². The molecule has 0 aliphatic heterocycles. The Balaban J connectivity index is 2.89. The molecule has 0 amide bonds. The lowest BCUT2D eigenvalue weighted by molar-refractivity contribution is 1.16. The highest BCUT2D eigenvalue weighted by Gasteiger charge is 1.95. The zero-order valence-corrected chi connectivity index (χ0v) is 6.53. The van der Waals surface area contributed by atoms with Crippen LogP contribution in [0.25, 0.3) is 11.2 Å². The average molecular weight is 161 g/mol. The van der Waals surface area contributed by atoms with E-state index in [1.807, 2.05) is 13.0 Å². The molecule has 0 atom stereocenters. The smallest absolute Gasteiger partial charge is 0.266 e. The average Bonchev–Trinajstić information content (AvgIpc) is 2.03. The first-order valence-corrected chi connectivity index (χ1v) is 3.57. The van der Waals surface area contributed by atoms with E-state index in [-0.39, 0.29) is 5.56 Å². The molecule has 4 heteroatoms. The van der Waals surface area contributed by atoms with Crippen molar-refractivity contribution in [2.75, 3.05) is 0 Å². The standard InChI is InChI=1S/C8H7N3O/c1-5-2-6-8(9-3-5)10-4-7(12)11-6/h2-4H,1H3,(H,11,12). The number of nitrogens with one attached hydrogen (secondary N) is 1. The minimum absolute atomic E-state index is 0.199. The van der Waals surface area contributed by atoms with Gasteiger partial charge in [-0.15, -0.1) is 0 Å². The summed E-state index contributed by atoms with van der Waals surface area (Å²) in [5.41, 5.74) is 2.06. The molecule has 0 unspecified atom stereocenters. The number of nitrogens with zero attached hydrogens (tertiary/aromatic N) is 2. The third-order valence-electron chi connectivity index (χ3n) is 1.57. The van der Waals surface area contributed by atoms with Gasteiger partial charge in [-0.1, -0.05) is 0 Å². The van der Waals surface area contributed by atoms with Crippen molar-refractivity contribution in [2.45, 2.75) is 6.92 Å². The number of hydrogen-bond acceptors (Lipinski definition) is 3. The van der Waals surface area contributed by atoms with E-state index in [2.05, 4.69) is 15.0 Å². The van der Waals surface area contributed by atoms with Crippen LogP contribution < -0.4 is 5.56 Å². The fourth-order valence-electron chi connectivity index (χ4n) is 1.04. The summed E-state index contributed by atoms with van der Waals surface area (Å²) in [5.74, 6) is 0. The predicted octanol–water partition coefficient (Wildman–Crippen LogP) is 0.627. The summed E-state index contributed by atoms with van der Waals surface area (Å²) in [6.45, 7) is 1.91. The summed E-state index contributed by atoms with van der Waals surface area (Å²) in [5, 5.41) is 0. The van der Waals surface area contributed by atoms with Gasteiger partial charge in [0.15, 0.2) is 5.65 Å². The Morgan fingerprint density at radius 2 is 2.08 bits per heavy atom. The Bertz CT molecular complexity index is 475. The molecule has 1 N–H and O–H groups in total. The topological polar surface area (TPSA) is 58.6 Å². The molecule has 0 aliphatic rings. The molecule has 0 bridgehead atoms. The molecule has 0 radical (unpaired) electrons. The van der Waals surface area contributed by atoms with Crippen LogP contribution in [0.2, 0.25) is 0 Å². The number of hydrogen-bond donors (Lipinski definition) is 1. The van der Waals surface area contributed by atoms with E-state index in [1.165, 1.54) is 6.20 Å². The zero-order chi connectivity index (χ0) is 8.55. The van der Waals surface area contributed by atoms with E-state index in [9.17, 15) is 4.79 Å². The summed E-state index contributed by atoms with van der Waals surface area (Å²) in [7, 11) is 0. The van der Waals surface area contributed by atoms with Crippen LogP contribution in [-0.4, -0.2) is 15.0 Å². The van der Waals surface area contributed by atoms with Crippen molar-refractivity contribution in [2.24, 2.45) is 0 Å². The molecule has 0 spiro atoms. The van der Waals surface area contributed by atoms with Crippen molar-refractivity contribution in [3.05, 3.63) is 34.4 Å². The fraction of sp³-hybridized carbons (Fsp3) is 0.125. The molecular weight excluding hydrogens is 154 g/mol. The van der Waals surface area contributed by atoms with Gasteiger partial charge in [0.05, 0.1) is 11.7 Å². The van der Waals surface area contributed by atoms with Crippen molar-refractivity contribution in [3.8, 4) is 0 Å². The van der Waals surface area contributed by atoms with Crippen molar-refractivity contribution in [1.82, 2.24) is 15.0 Å². The SMILES string of the molecule is Cc1cnc2ncc(=O)[nH]c2c1. The van der Waals surface area contributed by atoms with E-state index < -0.39 is 0 Å². The molecule has 4 nitrogen and oxygen atoms in total. The minimum Gasteiger partial charge on any atom is -0.318 e. The Labute approximate surface area is 68.3 Å². The predicted molar refractivity (Wildman–Crippen MR) is 44.9 cm³/mol. The molecule has 2 aromatic heterocycles. The van der Waals surface area contributed by atoms with Gasteiger partial charge < -0.3 is 4.98 Å². The number of H-pyrrole nitrogens is 1. The Hall–Kier alpha value is -1.71. The highest BCUT2D eigenvalue weighted by atomic mass is 16.1. The van der Waals surface area contributed by atoms with Crippen LogP contribution in [-0.2, 0) is 0 Å². The van der Waals surface area contributed by atoms with E-state index >= 15 is 0 Å². The molecule has 0 saturated carbocycles. The highest BCUT2D eigenvalue weighted by Crippen LogP contribution is 2.03. The highest BCUT2D eigenvalue weighted by molar-refractivity contribution is 5.69. The van der Waals surface area contributed by atoms with Gasteiger partial charge >= 0.3 is 0 Å². The maximum Gasteiger partial charge on any atom is 0.266 e. The summed E-state index contributed by atoms with van der Waals surface area (Å²) in [6.07, 6.45) is 2.94. The van der Waals surface area contributed by atoms with Crippen molar-refractivity contribution < 1.29 is 0 Å². The lowest BCUT2D eigenvalue weighted by atomic mass is 10.3. The van der Waals surface area contributed by atoms with E-state index in [1.54, 1.807) is 6.20 Å². The largest absolute Gasteiger partial charge is 0.318 e. The number of aryl methyl sites for hydroxylation is 1. The lowest BCUT2D eigenvalue weighted by Gasteiger charge is -1.95. The van der Waals surface area contributed by atoms with Crippen LogP contribution >= 0.6 is 0 Å². The molecule has 0 saturated heterocycles. The number of aromatic amines is 1. The van der Waals surface area contributed by atoms with Crippen LogP contribution in [0, 0.1) is 6.92 Å². The Kier molecular flexibility index (Phi) is 1.40. The van der Waals surface area contributed by atoms with E-state index in [0.29, 0.717) is 11.2 Å². The number of rotatable bonds is 0. The second kappa shape index (κ2) is 2.41. The molecule has 2 heterocycles. The third kappa shape index (κ3) is 1.07. The number of aromatic nitrogens is 3. The second-order valence-electron chi connectivity index (χ2n) is 2.63. The van der Waals surface area contributed by atoms with Gasteiger partial charge in [-0.05, 0) is 18.6 Å². The van der Waals surface area contributed by atoms with Crippen LogP contribution in [0.4, 0.5) is 0 Å². The van der Waals surface area contributed by atoms with Crippen molar-refractivity contribution >= 4 is 11.2 Å². The van der Waals surface area contributed by atoms with Crippen LogP contribution in [0.3, 0.4) is 0 Å². The normalized spacial score (nSPS) is 10.4. The molecule has 2 rings (SSSR count). The summed E-state index contributed by atoms with van der Waals surface area (Å²) >= 11 is 0. The zero-order valence-electron chi connectivity index (χ0n) is 6.53. The molecule has 0 aromatic carbocycles. The molecular formula is C8H7N3O. The van der Waals surface area contributed by atoms with E-state index in [4.69, 9.17) is 0 Å². The van der Waals surface area contributed by atoms with Gasteiger partial charge in [-0.2, -0.15) is 0 Å². The third-order valence-corrected chi connectivity index (χ3v) is 1.57. The number of fused-ring (bicyclic) bond motifs is 1. The summed E-state index contributed by atoms with van der Waals surface area (Å²) in [6, 6.07) is 1.84. The summed E-state index contributed by atoms with van der Waals surface area (Å²) in [4.78, 5) is 21.4. The Morgan fingerprint density at radius 3 is 2.92 bits per heavy atom. The van der Waals surface area contributed by atoms with Crippen LogP contribution in [0.15, 0.2) is 23.3 Å². The summed E-state index contributed by atoms with van der Waals surface area (Å²) < 4.78 is 0. The van der Waals surface area contributed by atoms with Gasteiger partial charge in [-0.25, -0.2) is 9.97 Å². The first-order chi connectivity index (χ1) is 5.75. The Morgan fingerprint density at radius 1 is 1.33 bits per heavy atom. The first-order valence-electron chi connectivity index (χ1n) is 3.57. The minimum atomic E-state index is -0.199. The quantitative estimate of drug-likeness (QED) is 0.616. The molecule has 0 aliphatic carbocycles. The maximum atomic E-state index is 10.8. The fourth-order valence-corrected chi connectivity index (χ4v) is 1.04. The molecule has 60 valence electrons. The second-order valence-corrected chi connectivity index (χ2v) is 2.63. The molecule has 2 aromatic rings. The van der Waals surface area contributed by atoms with Gasteiger partial charge in [0.25, 0.3) is 5.56 Å².